The van der Waals surface area contributed by atoms with Crippen LogP contribution in [-0.4, -0.2) is 36.0 Å². The molecule has 0 spiro atoms. The van der Waals surface area contributed by atoms with E-state index in [0.29, 0.717) is 5.91 Å². The predicted octanol–water partition coefficient (Wildman–Crippen LogP) is 2.02. The van der Waals surface area contributed by atoms with Crippen molar-refractivity contribution in [3.63, 3.8) is 0 Å². The van der Waals surface area contributed by atoms with Crippen molar-refractivity contribution >= 4 is 5.91 Å². The second kappa shape index (κ2) is 4.27. The molecule has 2 rings (SSSR count). The topological polar surface area (TPSA) is 32.3 Å². The Bertz CT molecular complexity index is 309. The highest BCUT2D eigenvalue weighted by Crippen LogP contribution is 2.43. The van der Waals surface area contributed by atoms with E-state index in [1.165, 1.54) is 12.8 Å². The maximum atomic E-state index is 12.6. The molecule has 98 valence electrons. The third kappa shape index (κ3) is 2.65. The monoisotopic (exact) mass is 238 g/mol. The summed E-state index contributed by atoms with van der Waals surface area (Å²) in [5, 5.41) is 3.46. The lowest BCUT2D eigenvalue weighted by atomic mass is 9.80. The molecular weight excluding hydrogens is 212 g/mol. The number of hydrogen-bond donors (Lipinski definition) is 1. The van der Waals surface area contributed by atoms with Crippen LogP contribution in [0.5, 0.6) is 0 Å². The van der Waals surface area contributed by atoms with Crippen molar-refractivity contribution < 1.29 is 4.79 Å². The van der Waals surface area contributed by atoms with E-state index >= 15 is 0 Å². The molecule has 2 aliphatic rings. The van der Waals surface area contributed by atoms with Crippen LogP contribution in [0.25, 0.3) is 0 Å². The lowest BCUT2D eigenvalue weighted by molar-refractivity contribution is -0.140. The summed E-state index contributed by atoms with van der Waals surface area (Å²) in [6.45, 7) is 11.5. The van der Waals surface area contributed by atoms with E-state index in [1.54, 1.807) is 0 Å². The van der Waals surface area contributed by atoms with Crippen LogP contribution in [0.1, 0.15) is 47.0 Å². The molecule has 1 atom stereocenters. The number of hydrogen-bond acceptors (Lipinski definition) is 2. The van der Waals surface area contributed by atoms with Gasteiger partial charge in [0.1, 0.15) is 0 Å². The van der Waals surface area contributed by atoms with Gasteiger partial charge >= 0.3 is 0 Å². The van der Waals surface area contributed by atoms with Crippen molar-refractivity contribution in [1.29, 1.82) is 0 Å². The van der Waals surface area contributed by atoms with Crippen molar-refractivity contribution in [1.82, 2.24) is 10.2 Å². The van der Waals surface area contributed by atoms with Crippen LogP contribution in [0.2, 0.25) is 0 Å². The summed E-state index contributed by atoms with van der Waals surface area (Å²) in [7, 11) is 0. The van der Waals surface area contributed by atoms with Crippen molar-refractivity contribution in [3.05, 3.63) is 0 Å². The van der Waals surface area contributed by atoms with Crippen LogP contribution in [-0.2, 0) is 4.79 Å². The van der Waals surface area contributed by atoms with E-state index in [4.69, 9.17) is 0 Å². The summed E-state index contributed by atoms with van der Waals surface area (Å²) in [6.07, 6.45) is 3.48. The second-order valence-corrected chi connectivity index (χ2v) is 7.00. The molecule has 0 radical (unpaired) electrons. The first-order valence-corrected chi connectivity index (χ1v) is 6.86. The van der Waals surface area contributed by atoms with E-state index in [-0.39, 0.29) is 16.9 Å². The summed E-state index contributed by atoms with van der Waals surface area (Å²) in [5.74, 6) is 0.637. The molecule has 1 amide bonds. The third-order valence-corrected chi connectivity index (χ3v) is 4.44. The maximum Gasteiger partial charge on any atom is 0.226 e. The smallest absolute Gasteiger partial charge is 0.226 e. The summed E-state index contributed by atoms with van der Waals surface area (Å²) in [5.41, 5.74) is 0.267. The molecule has 3 nitrogen and oxygen atoms in total. The van der Waals surface area contributed by atoms with Crippen molar-refractivity contribution in [2.75, 3.05) is 19.6 Å². The van der Waals surface area contributed by atoms with E-state index < -0.39 is 0 Å². The molecule has 1 saturated heterocycles. The number of amides is 1. The second-order valence-electron chi connectivity index (χ2n) is 7.00. The van der Waals surface area contributed by atoms with E-state index in [9.17, 15) is 4.79 Å². The molecule has 1 aliphatic heterocycles. The minimum absolute atomic E-state index is 0.0661. The van der Waals surface area contributed by atoms with E-state index in [0.717, 1.165) is 26.1 Å². The molecule has 1 unspecified atom stereocenters. The zero-order valence-corrected chi connectivity index (χ0v) is 11.7. The van der Waals surface area contributed by atoms with Crippen molar-refractivity contribution in [2.45, 2.75) is 52.5 Å². The van der Waals surface area contributed by atoms with Crippen LogP contribution in [0.4, 0.5) is 0 Å². The highest BCUT2D eigenvalue weighted by molar-refractivity contribution is 5.80. The van der Waals surface area contributed by atoms with Crippen LogP contribution in [0.3, 0.4) is 0 Å². The molecule has 1 N–H and O–H groups in total. The Hall–Kier alpha value is -0.570. The van der Waals surface area contributed by atoms with Gasteiger partial charge in [-0.1, -0.05) is 20.3 Å². The van der Waals surface area contributed by atoms with Gasteiger partial charge < -0.3 is 10.2 Å². The van der Waals surface area contributed by atoms with Gasteiger partial charge in [-0.15, -0.1) is 0 Å². The zero-order chi connectivity index (χ0) is 12.7. The molecule has 3 heteroatoms. The molecule has 0 aromatic rings. The Kier molecular flexibility index (Phi) is 3.23. The molecule has 0 bridgehead atoms. The van der Waals surface area contributed by atoms with Crippen LogP contribution >= 0.6 is 0 Å². The molecule has 2 fully saturated rings. The zero-order valence-electron chi connectivity index (χ0n) is 11.7. The fourth-order valence-electron chi connectivity index (χ4n) is 3.33. The number of carbonyl (C=O) groups is 1. The third-order valence-electron chi connectivity index (χ3n) is 4.44. The summed E-state index contributed by atoms with van der Waals surface area (Å²) >= 11 is 0. The van der Waals surface area contributed by atoms with Gasteiger partial charge in [-0.2, -0.15) is 0 Å². The van der Waals surface area contributed by atoms with Crippen LogP contribution in [0, 0.1) is 11.3 Å². The van der Waals surface area contributed by atoms with Crippen molar-refractivity contribution in [2.24, 2.45) is 11.3 Å². The van der Waals surface area contributed by atoms with Crippen molar-refractivity contribution in [3.8, 4) is 0 Å². The summed E-state index contributed by atoms with van der Waals surface area (Å²) in [6, 6.07) is 0. The minimum Gasteiger partial charge on any atom is -0.339 e. The minimum atomic E-state index is 0.0661. The maximum absolute atomic E-state index is 12.6. The lowest BCUT2D eigenvalue weighted by Crippen LogP contribution is -2.59. The van der Waals surface area contributed by atoms with Gasteiger partial charge in [-0.05, 0) is 32.1 Å². The van der Waals surface area contributed by atoms with Gasteiger partial charge in [0.05, 0.1) is 0 Å². The van der Waals surface area contributed by atoms with Crippen LogP contribution in [0.15, 0.2) is 0 Å². The number of nitrogens with zero attached hydrogens (tertiary/aromatic N) is 1. The van der Waals surface area contributed by atoms with Gasteiger partial charge in [-0.25, -0.2) is 0 Å². The van der Waals surface area contributed by atoms with E-state index in [1.807, 2.05) is 0 Å². The van der Waals surface area contributed by atoms with Gasteiger partial charge in [0, 0.05) is 31.1 Å². The molecule has 1 heterocycles. The molecule has 17 heavy (non-hydrogen) atoms. The molecule has 1 saturated carbocycles. The van der Waals surface area contributed by atoms with Crippen LogP contribution < -0.4 is 5.32 Å². The average molecular weight is 238 g/mol. The number of piperazine rings is 1. The number of carbonyl (C=O) groups excluding carboxylic acids is 1. The molecule has 0 aromatic carbocycles. The highest BCUT2D eigenvalue weighted by Gasteiger charge is 2.42. The van der Waals surface area contributed by atoms with Gasteiger partial charge in [-0.3, -0.25) is 4.79 Å². The Morgan fingerprint density at radius 1 is 1.29 bits per heavy atom. The fraction of sp³-hybridized carbons (Fsp3) is 0.929. The Morgan fingerprint density at radius 2 is 2.00 bits per heavy atom. The lowest BCUT2D eigenvalue weighted by Gasteiger charge is -2.41. The largest absolute Gasteiger partial charge is 0.339 e. The number of rotatable bonds is 1. The summed E-state index contributed by atoms with van der Waals surface area (Å²) < 4.78 is 0. The average Bonchev–Trinajstić information content (AvgIpc) is 2.55. The standard InChI is InChI=1S/C14H26N2O/c1-13(2)7-5-6-11(13)12(17)16-9-8-15-14(3,4)10-16/h11,15H,5-10H2,1-4H3. The Morgan fingerprint density at radius 3 is 2.53 bits per heavy atom. The highest BCUT2D eigenvalue weighted by atomic mass is 16.2. The first-order chi connectivity index (χ1) is 7.82. The van der Waals surface area contributed by atoms with Gasteiger partial charge in [0.15, 0.2) is 0 Å². The Labute approximate surface area is 105 Å². The SMILES string of the molecule is CC1(C)CN(C(=O)C2CCCC2(C)C)CCN1. The Balaban J connectivity index is 2.05. The first-order valence-electron chi connectivity index (χ1n) is 6.86. The number of nitrogens with one attached hydrogen (secondary N) is 1. The molecule has 1 aliphatic carbocycles. The predicted molar refractivity (Wildman–Crippen MR) is 69.8 cm³/mol. The molecular formula is C14H26N2O. The molecule has 0 aromatic heterocycles. The summed E-state index contributed by atoms with van der Waals surface area (Å²) in [4.78, 5) is 14.7. The normalized spacial score (nSPS) is 31.5. The van der Waals surface area contributed by atoms with Gasteiger partial charge in [0.2, 0.25) is 5.91 Å². The van der Waals surface area contributed by atoms with E-state index in [2.05, 4.69) is 37.9 Å². The first kappa shape index (κ1) is 12.9. The fourth-order valence-corrected chi connectivity index (χ4v) is 3.33. The van der Waals surface area contributed by atoms with Gasteiger partial charge in [0.25, 0.3) is 0 Å². The quantitative estimate of drug-likeness (QED) is 0.758.